The van der Waals surface area contributed by atoms with Crippen LogP contribution in [0.4, 0.5) is 28.0 Å². The molecule has 0 aromatic heterocycles. The van der Waals surface area contributed by atoms with Crippen LogP contribution in [0.5, 0.6) is 0 Å². The molecule has 3 atom stereocenters. The molecule has 0 spiro atoms. The summed E-state index contributed by atoms with van der Waals surface area (Å²) >= 11 is 0. The number of sulfone groups is 1. The second-order valence-electron chi connectivity index (χ2n) is 11.7. The predicted molar refractivity (Wildman–Crippen MR) is 148 cm³/mol. The van der Waals surface area contributed by atoms with Gasteiger partial charge in [0.1, 0.15) is 5.82 Å². The molecule has 0 radical (unpaired) electrons. The number of nitrogens with zero attached hydrogens (tertiary/aromatic N) is 3. The molecule has 2 aromatic carbocycles. The molecule has 1 aliphatic heterocycles. The van der Waals surface area contributed by atoms with E-state index < -0.39 is 33.4 Å². The van der Waals surface area contributed by atoms with Crippen molar-refractivity contribution in [2.75, 3.05) is 57.9 Å². The van der Waals surface area contributed by atoms with E-state index in [1.54, 1.807) is 17.0 Å². The van der Waals surface area contributed by atoms with Crippen molar-refractivity contribution >= 4 is 21.6 Å². The summed E-state index contributed by atoms with van der Waals surface area (Å²) in [6, 6.07) is 8.84. The summed E-state index contributed by atoms with van der Waals surface area (Å²) in [5.74, 6) is -1.22. The van der Waals surface area contributed by atoms with Gasteiger partial charge in [-0.05, 0) is 81.1 Å². The van der Waals surface area contributed by atoms with Crippen LogP contribution in [0.1, 0.15) is 36.8 Å². The minimum Gasteiger partial charge on any atom is -0.321 e. The maximum atomic E-state index is 13.8. The summed E-state index contributed by atoms with van der Waals surface area (Å²) in [6.07, 6.45) is -0.572. The first-order chi connectivity index (χ1) is 19.3. The van der Waals surface area contributed by atoms with E-state index in [0.29, 0.717) is 19.0 Å². The third-order valence-electron chi connectivity index (χ3n) is 9.00. The average Bonchev–Trinajstić information content (AvgIpc) is 3.53. The lowest BCUT2D eigenvalue weighted by molar-refractivity contribution is -0.139. The largest absolute Gasteiger partial charge is 0.419 e. The Labute approximate surface area is 238 Å². The van der Waals surface area contributed by atoms with Crippen LogP contribution in [0, 0.1) is 11.7 Å². The number of urea groups is 1. The molecule has 12 heteroatoms. The molecule has 0 unspecified atom stereocenters. The standard InChI is InChI=1S/C29H36F4N4O3S/c1-35-14-16-36(17-15-35)12-3-13-37(27(38)34-21-6-9-25(30)23(18-21)29(31,32)33)26-10-11-28(19-24(26)28)20-4-7-22(8-5-20)41(2,39)40/h4-9,18,24,26H,3,10-17,19H2,1-2H3,(H,34,38)/t24-,26-,28-/m1/s1. The number of fused-ring (bicyclic) bond motifs is 1. The Morgan fingerprint density at radius 1 is 1.10 bits per heavy atom. The van der Waals surface area contributed by atoms with Gasteiger partial charge in [0.25, 0.3) is 0 Å². The summed E-state index contributed by atoms with van der Waals surface area (Å²) in [7, 11) is -1.23. The highest BCUT2D eigenvalue weighted by Crippen LogP contribution is 2.65. The number of carbonyl (C=O) groups is 1. The van der Waals surface area contributed by atoms with Gasteiger partial charge in [-0.1, -0.05) is 12.1 Å². The molecular formula is C29H36F4N4O3S. The van der Waals surface area contributed by atoms with Crippen molar-refractivity contribution in [3.8, 4) is 0 Å². The lowest BCUT2D eigenvalue weighted by Crippen LogP contribution is -2.47. The molecule has 41 heavy (non-hydrogen) atoms. The third kappa shape index (κ3) is 6.39. The number of likely N-dealkylation sites (N-methyl/N-ethyl adjacent to an activating group) is 1. The van der Waals surface area contributed by atoms with Crippen LogP contribution in [0.2, 0.25) is 0 Å². The number of anilines is 1. The quantitative estimate of drug-likeness (QED) is 0.442. The van der Waals surface area contributed by atoms with Crippen LogP contribution in [0.15, 0.2) is 47.4 Å². The van der Waals surface area contributed by atoms with E-state index in [1.165, 1.54) is 6.26 Å². The lowest BCUT2D eigenvalue weighted by atomic mass is 9.93. The van der Waals surface area contributed by atoms with Gasteiger partial charge in [0.15, 0.2) is 9.84 Å². The second-order valence-corrected chi connectivity index (χ2v) is 13.7. The van der Waals surface area contributed by atoms with Gasteiger partial charge in [-0.15, -0.1) is 0 Å². The molecular weight excluding hydrogens is 560 g/mol. The number of amides is 2. The second kappa shape index (κ2) is 11.2. The zero-order chi connectivity index (χ0) is 29.6. The normalized spacial score (nSPS) is 25.1. The van der Waals surface area contributed by atoms with E-state index in [0.717, 1.165) is 69.7 Å². The van der Waals surface area contributed by atoms with Crippen LogP contribution < -0.4 is 5.32 Å². The van der Waals surface area contributed by atoms with Gasteiger partial charge in [0.2, 0.25) is 0 Å². The molecule has 2 aromatic rings. The topological polar surface area (TPSA) is 73.0 Å². The number of nitrogens with one attached hydrogen (secondary N) is 1. The highest BCUT2D eigenvalue weighted by atomic mass is 32.2. The van der Waals surface area contributed by atoms with Crippen molar-refractivity contribution in [2.45, 2.75) is 48.2 Å². The number of piperazine rings is 1. The first kappa shape index (κ1) is 29.8. The summed E-state index contributed by atoms with van der Waals surface area (Å²) in [4.78, 5) is 20.2. The van der Waals surface area contributed by atoms with E-state index >= 15 is 0 Å². The van der Waals surface area contributed by atoms with Gasteiger partial charge in [0, 0.05) is 56.1 Å². The molecule has 2 saturated carbocycles. The van der Waals surface area contributed by atoms with Crippen LogP contribution >= 0.6 is 0 Å². The minimum absolute atomic E-state index is 0.107. The summed E-state index contributed by atoms with van der Waals surface area (Å²) < 4.78 is 77.5. The smallest absolute Gasteiger partial charge is 0.321 e. The molecule has 1 saturated heterocycles. The molecule has 1 heterocycles. The van der Waals surface area contributed by atoms with Gasteiger partial charge >= 0.3 is 12.2 Å². The lowest BCUT2D eigenvalue weighted by Gasteiger charge is -2.34. The Morgan fingerprint density at radius 2 is 1.78 bits per heavy atom. The molecule has 5 rings (SSSR count). The van der Waals surface area contributed by atoms with Crippen molar-refractivity contribution in [3.63, 3.8) is 0 Å². The van der Waals surface area contributed by atoms with Crippen molar-refractivity contribution in [2.24, 2.45) is 5.92 Å². The Hall–Kier alpha value is -2.70. The number of hydrogen-bond acceptors (Lipinski definition) is 5. The number of hydrogen-bond donors (Lipinski definition) is 1. The van der Waals surface area contributed by atoms with E-state index in [4.69, 9.17) is 0 Å². The molecule has 3 fully saturated rings. The molecule has 0 bridgehead atoms. The summed E-state index contributed by atoms with van der Waals surface area (Å²) in [6.45, 7) is 5.08. The monoisotopic (exact) mass is 596 g/mol. The van der Waals surface area contributed by atoms with Gasteiger partial charge < -0.3 is 20.0 Å². The molecule has 1 N–H and O–H groups in total. The molecule has 3 aliphatic rings. The zero-order valence-corrected chi connectivity index (χ0v) is 24.1. The van der Waals surface area contributed by atoms with Gasteiger partial charge in [-0.2, -0.15) is 13.2 Å². The van der Waals surface area contributed by atoms with Gasteiger partial charge in [-0.25, -0.2) is 17.6 Å². The number of benzene rings is 2. The molecule has 224 valence electrons. The van der Waals surface area contributed by atoms with Crippen LogP contribution in [-0.2, 0) is 21.4 Å². The average molecular weight is 597 g/mol. The number of halogens is 4. The number of rotatable bonds is 8. The van der Waals surface area contributed by atoms with Crippen molar-refractivity contribution in [1.29, 1.82) is 0 Å². The Balaban J connectivity index is 1.32. The van der Waals surface area contributed by atoms with E-state index in [1.807, 2.05) is 12.1 Å². The Kier molecular flexibility index (Phi) is 8.12. The maximum Gasteiger partial charge on any atom is 0.419 e. The fraction of sp³-hybridized carbons (Fsp3) is 0.552. The highest BCUT2D eigenvalue weighted by Gasteiger charge is 2.64. The first-order valence-electron chi connectivity index (χ1n) is 13.9. The van der Waals surface area contributed by atoms with Crippen molar-refractivity contribution in [1.82, 2.24) is 14.7 Å². The van der Waals surface area contributed by atoms with E-state index in [-0.39, 0.29) is 28.0 Å². The van der Waals surface area contributed by atoms with Crippen LogP contribution in [0.25, 0.3) is 0 Å². The van der Waals surface area contributed by atoms with Gasteiger partial charge in [0.05, 0.1) is 10.5 Å². The molecule has 2 aliphatic carbocycles. The van der Waals surface area contributed by atoms with Crippen molar-refractivity contribution < 1.29 is 30.8 Å². The van der Waals surface area contributed by atoms with E-state index in [2.05, 4.69) is 22.2 Å². The zero-order valence-electron chi connectivity index (χ0n) is 23.3. The Bertz CT molecular complexity index is 1380. The minimum atomic E-state index is -4.88. The van der Waals surface area contributed by atoms with Crippen LogP contribution in [-0.4, -0.2) is 87.8 Å². The number of carbonyl (C=O) groups excluding carboxylic acids is 1. The van der Waals surface area contributed by atoms with E-state index in [9.17, 15) is 30.8 Å². The fourth-order valence-corrected chi connectivity index (χ4v) is 7.22. The number of alkyl halides is 3. The summed E-state index contributed by atoms with van der Waals surface area (Å²) in [5.41, 5.74) is -0.625. The van der Waals surface area contributed by atoms with Gasteiger partial charge in [-0.3, -0.25) is 0 Å². The first-order valence-corrected chi connectivity index (χ1v) is 15.8. The van der Waals surface area contributed by atoms with Crippen LogP contribution in [0.3, 0.4) is 0 Å². The summed E-state index contributed by atoms with van der Waals surface area (Å²) in [5, 5.41) is 2.60. The molecule has 7 nitrogen and oxygen atoms in total. The fourth-order valence-electron chi connectivity index (χ4n) is 6.58. The Morgan fingerprint density at radius 3 is 2.39 bits per heavy atom. The highest BCUT2D eigenvalue weighted by molar-refractivity contribution is 7.90. The van der Waals surface area contributed by atoms with Crippen molar-refractivity contribution in [3.05, 3.63) is 59.4 Å². The predicted octanol–water partition coefficient (Wildman–Crippen LogP) is 4.84. The molecule has 2 amide bonds. The maximum absolute atomic E-state index is 13.8. The third-order valence-corrected chi connectivity index (χ3v) is 10.1. The SMILES string of the molecule is CN1CCN(CCCN(C(=O)Nc2ccc(F)c(C(F)(F)F)c2)[C@@H]2CC[C@]3(c4ccc(S(C)(=O)=O)cc4)C[C@H]23)CC1.